The number of likely N-dealkylation sites (tertiary alicyclic amines) is 1. The van der Waals surface area contributed by atoms with Crippen molar-refractivity contribution in [3.05, 3.63) is 30.3 Å². The van der Waals surface area contributed by atoms with Crippen LogP contribution in [0.3, 0.4) is 0 Å². The monoisotopic (exact) mass is 262 g/mol. The highest BCUT2D eigenvalue weighted by Crippen LogP contribution is 2.15. The fourth-order valence-electron chi connectivity index (χ4n) is 2.43. The van der Waals surface area contributed by atoms with Gasteiger partial charge in [0.15, 0.2) is 0 Å². The van der Waals surface area contributed by atoms with Gasteiger partial charge in [0, 0.05) is 31.9 Å². The minimum absolute atomic E-state index is 0.154. The molecule has 1 aliphatic heterocycles. The molecule has 0 bridgehead atoms. The zero-order valence-electron chi connectivity index (χ0n) is 11.3. The van der Waals surface area contributed by atoms with E-state index >= 15 is 0 Å². The van der Waals surface area contributed by atoms with Crippen molar-refractivity contribution < 1.29 is 9.90 Å². The molecule has 1 aromatic carbocycles. The smallest absolute Gasteiger partial charge is 0.242 e. The van der Waals surface area contributed by atoms with Crippen LogP contribution in [0.5, 0.6) is 0 Å². The second kappa shape index (κ2) is 7.14. The first-order chi connectivity index (χ1) is 9.31. The number of hydrogen-bond acceptors (Lipinski definition) is 3. The molecule has 4 nitrogen and oxygen atoms in total. The lowest BCUT2D eigenvalue weighted by atomic mass is 10.2. The van der Waals surface area contributed by atoms with Gasteiger partial charge in [0.1, 0.15) is 0 Å². The minimum atomic E-state index is 0.154. The van der Waals surface area contributed by atoms with Crippen LogP contribution in [0.15, 0.2) is 30.3 Å². The Balaban J connectivity index is 1.99. The van der Waals surface area contributed by atoms with Gasteiger partial charge in [0.25, 0.3) is 0 Å². The molecular weight excluding hydrogens is 240 g/mol. The normalized spacial score (nSPS) is 14.7. The summed E-state index contributed by atoms with van der Waals surface area (Å²) in [5, 5.41) is 8.99. The average Bonchev–Trinajstić information content (AvgIpc) is 2.98. The molecule has 0 aromatic heterocycles. The lowest BCUT2D eigenvalue weighted by molar-refractivity contribution is -0.128. The molecule has 0 spiro atoms. The molecule has 104 valence electrons. The van der Waals surface area contributed by atoms with Crippen molar-refractivity contribution >= 4 is 11.6 Å². The maximum Gasteiger partial charge on any atom is 0.242 e. The van der Waals surface area contributed by atoms with Crippen LogP contribution in [-0.4, -0.2) is 48.7 Å². The van der Waals surface area contributed by atoms with Crippen LogP contribution >= 0.6 is 0 Å². The summed E-state index contributed by atoms with van der Waals surface area (Å²) in [6.45, 7) is 3.05. The maximum atomic E-state index is 12.2. The molecule has 1 aliphatic rings. The van der Waals surface area contributed by atoms with Crippen LogP contribution in [0.2, 0.25) is 0 Å². The molecule has 0 aliphatic carbocycles. The van der Waals surface area contributed by atoms with E-state index in [2.05, 4.69) is 4.90 Å². The van der Waals surface area contributed by atoms with E-state index in [4.69, 9.17) is 5.11 Å². The van der Waals surface area contributed by atoms with Gasteiger partial charge in [-0.3, -0.25) is 4.79 Å². The van der Waals surface area contributed by atoms with Crippen molar-refractivity contribution in [2.75, 3.05) is 37.7 Å². The van der Waals surface area contributed by atoms with Crippen LogP contribution in [0.4, 0.5) is 5.69 Å². The Morgan fingerprint density at radius 1 is 1.21 bits per heavy atom. The minimum Gasteiger partial charge on any atom is -0.396 e. The topological polar surface area (TPSA) is 43.8 Å². The summed E-state index contributed by atoms with van der Waals surface area (Å²) >= 11 is 0. The number of rotatable bonds is 6. The third kappa shape index (κ3) is 3.96. The summed E-state index contributed by atoms with van der Waals surface area (Å²) in [6, 6.07) is 9.93. The summed E-state index contributed by atoms with van der Waals surface area (Å²) in [5.74, 6) is 0.194. The van der Waals surface area contributed by atoms with Crippen molar-refractivity contribution in [3.8, 4) is 0 Å². The van der Waals surface area contributed by atoms with E-state index < -0.39 is 0 Å². The first-order valence-electron chi connectivity index (χ1n) is 7.00. The number of aliphatic hydroxyl groups is 1. The molecule has 1 heterocycles. The molecule has 1 N–H and O–H groups in total. The molecule has 4 heteroatoms. The molecule has 2 rings (SSSR count). The molecule has 0 unspecified atom stereocenters. The van der Waals surface area contributed by atoms with Crippen LogP contribution in [-0.2, 0) is 4.79 Å². The summed E-state index contributed by atoms with van der Waals surface area (Å²) in [4.78, 5) is 16.2. The van der Waals surface area contributed by atoms with Gasteiger partial charge < -0.3 is 14.9 Å². The number of amides is 1. The standard InChI is InChI=1S/C15H22N2O2/c18-12-6-11-17(14-7-2-1-3-8-14)13-15(19)16-9-4-5-10-16/h1-3,7-8,18H,4-6,9-13H2. The lowest BCUT2D eigenvalue weighted by Crippen LogP contribution is -2.39. The van der Waals surface area contributed by atoms with E-state index in [1.165, 1.54) is 0 Å². The Labute approximate surface area is 114 Å². The van der Waals surface area contributed by atoms with Crippen molar-refractivity contribution in [1.29, 1.82) is 0 Å². The first-order valence-corrected chi connectivity index (χ1v) is 7.00. The number of aliphatic hydroxyl groups excluding tert-OH is 1. The number of benzene rings is 1. The fraction of sp³-hybridized carbons (Fsp3) is 0.533. The van der Waals surface area contributed by atoms with E-state index in [1.54, 1.807) is 0 Å². The van der Waals surface area contributed by atoms with Crippen LogP contribution in [0, 0.1) is 0 Å². The third-order valence-corrected chi connectivity index (χ3v) is 3.49. The molecular formula is C15H22N2O2. The van der Waals surface area contributed by atoms with Gasteiger partial charge in [-0.05, 0) is 31.4 Å². The molecule has 0 radical (unpaired) electrons. The molecule has 1 fully saturated rings. The van der Waals surface area contributed by atoms with E-state index in [1.807, 2.05) is 35.2 Å². The Bertz CT molecular complexity index is 388. The Kier molecular flexibility index (Phi) is 5.21. The van der Waals surface area contributed by atoms with Crippen molar-refractivity contribution in [2.45, 2.75) is 19.3 Å². The highest BCUT2D eigenvalue weighted by Gasteiger charge is 2.20. The van der Waals surface area contributed by atoms with Crippen molar-refractivity contribution in [3.63, 3.8) is 0 Å². The molecule has 0 saturated carbocycles. The van der Waals surface area contributed by atoms with E-state index in [0.29, 0.717) is 19.5 Å². The van der Waals surface area contributed by atoms with Crippen LogP contribution < -0.4 is 4.90 Å². The summed E-state index contributed by atoms with van der Waals surface area (Å²) in [7, 11) is 0. The zero-order valence-corrected chi connectivity index (χ0v) is 11.3. The van der Waals surface area contributed by atoms with E-state index in [-0.39, 0.29) is 12.5 Å². The van der Waals surface area contributed by atoms with Gasteiger partial charge in [0.05, 0.1) is 6.54 Å². The molecule has 1 saturated heterocycles. The number of carbonyl (C=O) groups excluding carboxylic acids is 1. The van der Waals surface area contributed by atoms with Crippen LogP contribution in [0.1, 0.15) is 19.3 Å². The lowest BCUT2D eigenvalue weighted by Gasteiger charge is -2.26. The Hall–Kier alpha value is -1.55. The second-order valence-corrected chi connectivity index (χ2v) is 4.92. The summed E-state index contributed by atoms with van der Waals surface area (Å²) in [5.41, 5.74) is 1.04. The van der Waals surface area contributed by atoms with E-state index in [0.717, 1.165) is 31.6 Å². The third-order valence-electron chi connectivity index (χ3n) is 3.49. The average molecular weight is 262 g/mol. The first kappa shape index (κ1) is 13.9. The highest BCUT2D eigenvalue weighted by molar-refractivity contribution is 5.81. The summed E-state index contributed by atoms with van der Waals surface area (Å²) < 4.78 is 0. The summed E-state index contributed by atoms with van der Waals surface area (Å²) in [6.07, 6.45) is 2.92. The number of carbonyl (C=O) groups is 1. The highest BCUT2D eigenvalue weighted by atomic mass is 16.3. The van der Waals surface area contributed by atoms with Gasteiger partial charge in [-0.15, -0.1) is 0 Å². The molecule has 1 amide bonds. The quantitative estimate of drug-likeness (QED) is 0.845. The van der Waals surface area contributed by atoms with Gasteiger partial charge in [-0.1, -0.05) is 18.2 Å². The van der Waals surface area contributed by atoms with E-state index in [9.17, 15) is 4.79 Å². The van der Waals surface area contributed by atoms with Gasteiger partial charge >= 0.3 is 0 Å². The zero-order chi connectivity index (χ0) is 13.5. The molecule has 1 aromatic rings. The van der Waals surface area contributed by atoms with Gasteiger partial charge in [0.2, 0.25) is 5.91 Å². The number of hydrogen-bond donors (Lipinski definition) is 1. The number of anilines is 1. The fourth-order valence-corrected chi connectivity index (χ4v) is 2.43. The van der Waals surface area contributed by atoms with Gasteiger partial charge in [-0.25, -0.2) is 0 Å². The number of nitrogens with zero attached hydrogens (tertiary/aromatic N) is 2. The predicted molar refractivity (Wildman–Crippen MR) is 76.2 cm³/mol. The predicted octanol–water partition coefficient (Wildman–Crippen LogP) is 1.50. The molecule has 19 heavy (non-hydrogen) atoms. The maximum absolute atomic E-state index is 12.2. The van der Waals surface area contributed by atoms with Crippen molar-refractivity contribution in [1.82, 2.24) is 4.90 Å². The molecule has 0 atom stereocenters. The Morgan fingerprint density at radius 3 is 2.53 bits per heavy atom. The van der Waals surface area contributed by atoms with Gasteiger partial charge in [-0.2, -0.15) is 0 Å². The second-order valence-electron chi connectivity index (χ2n) is 4.92. The van der Waals surface area contributed by atoms with Crippen LogP contribution in [0.25, 0.3) is 0 Å². The van der Waals surface area contributed by atoms with Crippen molar-refractivity contribution in [2.24, 2.45) is 0 Å². The SMILES string of the molecule is O=C(CN(CCCO)c1ccccc1)N1CCCC1. The Morgan fingerprint density at radius 2 is 1.89 bits per heavy atom. The number of para-hydroxylation sites is 1. The largest absolute Gasteiger partial charge is 0.396 e.